The Morgan fingerprint density at radius 3 is 3.00 bits per heavy atom. The second kappa shape index (κ2) is 6.15. The summed E-state index contributed by atoms with van der Waals surface area (Å²) in [5.74, 6) is -0.0111. The number of carbonyl (C=O) groups is 1. The van der Waals surface area contributed by atoms with Crippen molar-refractivity contribution in [1.29, 1.82) is 0 Å². The lowest BCUT2D eigenvalue weighted by Crippen LogP contribution is -2.33. The molecule has 19 heavy (non-hydrogen) atoms. The number of benzene rings is 1. The molecule has 0 aliphatic rings. The monoisotopic (exact) mass is 258 g/mol. The first-order chi connectivity index (χ1) is 9.20. The number of aromatic nitrogens is 2. The molecule has 2 aromatic rings. The number of imidazole rings is 1. The van der Waals surface area contributed by atoms with E-state index in [4.69, 9.17) is 0 Å². The Hall–Kier alpha value is -2.14. The molecule has 5 nitrogen and oxygen atoms in total. The maximum absolute atomic E-state index is 11.6. The summed E-state index contributed by atoms with van der Waals surface area (Å²) in [7, 11) is 1.75. The standard InChI is InChI=1S/C14H18N4O/c1-11(17-14(19)9-15-2)12-4-3-5-13(8-12)18-7-6-16-10-18/h3-8,10-11,15H,9H2,1-2H3,(H,17,19). The number of carbonyl (C=O) groups excluding carboxylic acids is 1. The lowest BCUT2D eigenvalue weighted by atomic mass is 10.1. The number of likely N-dealkylation sites (N-methyl/N-ethyl adjacent to an activating group) is 1. The highest BCUT2D eigenvalue weighted by atomic mass is 16.1. The topological polar surface area (TPSA) is 59.0 Å². The van der Waals surface area contributed by atoms with E-state index in [1.165, 1.54) is 0 Å². The Labute approximate surface area is 112 Å². The molecule has 1 aromatic heterocycles. The van der Waals surface area contributed by atoms with E-state index in [1.807, 2.05) is 42.0 Å². The van der Waals surface area contributed by atoms with Crippen LogP contribution in [0.2, 0.25) is 0 Å². The van der Waals surface area contributed by atoms with Crippen LogP contribution < -0.4 is 10.6 Å². The lowest BCUT2D eigenvalue weighted by molar-refractivity contribution is -0.120. The van der Waals surface area contributed by atoms with Gasteiger partial charge in [-0.3, -0.25) is 4.79 Å². The summed E-state index contributed by atoms with van der Waals surface area (Å²) >= 11 is 0. The number of rotatable bonds is 5. The molecule has 2 rings (SSSR count). The summed E-state index contributed by atoms with van der Waals surface area (Å²) < 4.78 is 1.94. The molecule has 1 aromatic carbocycles. The molecule has 1 amide bonds. The highest BCUT2D eigenvalue weighted by Crippen LogP contribution is 2.16. The minimum Gasteiger partial charge on any atom is -0.348 e. The fourth-order valence-corrected chi connectivity index (χ4v) is 1.90. The average molecular weight is 258 g/mol. The second-order valence-corrected chi connectivity index (χ2v) is 4.38. The van der Waals surface area contributed by atoms with Crippen molar-refractivity contribution >= 4 is 5.91 Å². The van der Waals surface area contributed by atoms with Crippen molar-refractivity contribution in [1.82, 2.24) is 20.2 Å². The fraction of sp³-hybridized carbons (Fsp3) is 0.286. The molecule has 1 unspecified atom stereocenters. The van der Waals surface area contributed by atoms with Gasteiger partial charge in [0.1, 0.15) is 0 Å². The molecule has 1 atom stereocenters. The van der Waals surface area contributed by atoms with Gasteiger partial charge in [0.15, 0.2) is 0 Å². The molecule has 0 spiro atoms. The summed E-state index contributed by atoms with van der Waals surface area (Å²) in [6.07, 6.45) is 5.39. The van der Waals surface area contributed by atoms with Crippen molar-refractivity contribution in [2.24, 2.45) is 0 Å². The van der Waals surface area contributed by atoms with Crippen molar-refractivity contribution in [2.45, 2.75) is 13.0 Å². The van der Waals surface area contributed by atoms with Gasteiger partial charge in [0.2, 0.25) is 5.91 Å². The van der Waals surface area contributed by atoms with Gasteiger partial charge in [0.05, 0.1) is 18.9 Å². The quantitative estimate of drug-likeness (QED) is 0.849. The van der Waals surface area contributed by atoms with Crippen LogP contribution in [0.1, 0.15) is 18.5 Å². The Bertz CT molecular complexity index is 536. The third-order valence-corrected chi connectivity index (χ3v) is 2.89. The number of amides is 1. The molecule has 0 saturated heterocycles. The zero-order chi connectivity index (χ0) is 13.7. The highest BCUT2D eigenvalue weighted by Gasteiger charge is 2.09. The van der Waals surface area contributed by atoms with E-state index in [1.54, 1.807) is 19.6 Å². The number of nitrogens with one attached hydrogen (secondary N) is 2. The van der Waals surface area contributed by atoms with Crippen molar-refractivity contribution in [3.63, 3.8) is 0 Å². The van der Waals surface area contributed by atoms with Crippen LogP contribution in [0, 0.1) is 0 Å². The van der Waals surface area contributed by atoms with Gasteiger partial charge >= 0.3 is 0 Å². The third kappa shape index (κ3) is 3.42. The predicted octanol–water partition coefficient (Wildman–Crippen LogP) is 1.27. The summed E-state index contributed by atoms with van der Waals surface area (Å²) in [6.45, 7) is 2.30. The first-order valence-corrected chi connectivity index (χ1v) is 6.23. The molecule has 0 fully saturated rings. The van der Waals surface area contributed by atoms with Crippen LogP contribution in [0.3, 0.4) is 0 Å². The highest BCUT2D eigenvalue weighted by molar-refractivity contribution is 5.78. The van der Waals surface area contributed by atoms with Crippen LogP contribution in [-0.4, -0.2) is 29.1 Å². The van der Waals surface area contributed by atoms with Crippen LogP contribution in [0.4, 0.5) is 0 Å². The minimum atomic E-state index is -0.0238. The maximum Gasteiger partial charge on any atom is 0.234 e. The van der Waals surface area contributed by atoms with Crippen molar-refractivity contribution in [3.05, 3.63) is 48.5 Å². The smallest absolute Gasteiger partial charge is 0.234 e. The normalized spacial score (nSPS) is 12.1. The first kappa shape index (κ1) is 13.3. The average Bonchev–Trinajstić information content (AvgIpc) is 2.93. The van der Waals surface area contributed by atoms with Gasteiger partial charge in [-0.05, 0) is 31.7 Å². The molecular weight excluding hydrogens is 240 g/mol. The molecule has 5 heteroatoms. The molecule has 0 radical (unpaired) electrons. The van der Waals surface area contributed by atoms with Crippen LogP contribution >= 0.6 is 0 Å². The van der Waals surface area contributed by atoms with E-state index < -0.39 is 0 Å². The molecule has 100 valence electrons. The summed E-state index contributed by atoms with van der Waals surface area (Å²) in [5, 5.41) is 5.78. The molecule has 0 aliphatic heterocycles. The van der Waals surface area contributed by atoms with E-state index in [0.717, 1.165) is 11.3 Å². The number of hydrogen-bond donors (Lipinski definition) is 2. The van der Waals surface area contributed by atoms with Crippen molar-refractivity contribution in [3.8, 4) is 5.69 Å². The van der Waals surface area contributed by atoms with E-state index in [9.17, 15) is 4.79 Å². The van der Waals surface area contributed by atoms with E-state index in [2.05, 4.69) is 15.6 Å². The molecule has 0 saturated carbocycles. The van der Waals surface area contributed by atoms with Gasteiger partial charge in [-0.1, -0.05) is 12.1 Å². The summed E-state index contributed by atoms with van der Waals surface area (Å²) in [5.41, 5.74) is 2.10. The molecule has 1 heterocycles. The SMILES string of the molecule is CNCC(=O)NC(C)c1cccc(-n2ccnc2)c1. The van der Waals surface area contributed by atoms with E-state index in [-0.39, 0.29) is 11.9 Å². The largest absolute Gasteiger partial charge is 0.348 e. The lowest BCUT2D eigenvalue weighted by Gasteiger charge is -2.15. The maximum atomic E-state index is 11.6. The van der Waals surface area contributed by atoms with E-state index in [0.29, 0.717) is 6.54 Å². The fourth-order valence-electron chi connectivity index (χ4n) is 1.90. The van der Waals surface area contributed by atoms with Crippen molar-refractivity contribution in [2.75, 3.05) is 13.6 Å². The van der Waals surface area contributed by atoms with Gasteiger partial charge in [0, 0.05) is 18.1 Å². The van der Waals surface area contributed by atoms with Gasteiger partial charge in [-0.2, -0.15) is 0 Å². The Kier molecular flexibility index (Phi) is 4.30. The zero-order valence-electron chi connectivity index (χ0n) is 11.1. The molecule has 2 N–H and O–H groups in total. The van der Waals surface area contributed by atoms with Crippen LogP contribution in [0.5, 0.6) is 0 Å². The first-order valence-electron chi connectivity index (χ1n) is 6.23. The summed E-state index contributed by atoms with van der Waals surface area (Å²) in [6, 6.07) is 8.01. The molecule has 0 aliphatic carbocycles. The second-order valence-electron chi connectivity index (χ2n) is 4.38. The third-order valence-electron chi connectivity index (χ3n) is 2.89. The van der Waals surface area contributed by atoms with Crippen LogP contribution in [0.15, 0.2) is 43.0 Å². The number of hydrogen-bond acceptors (Lipinski definition) is 3. The van der Waals surface area contributed by atoms with Gasteiger partial charge in [-0.15, -0.1) is 0 Å². The number of nitrogens with zero attached hydrogens (tertiary/aromatic N) is 2. The van der Waals surface area contributed by atoms with Crippen molar-refractivity contribution < 1.29 is 4.79 Å². The zero-order valence-corrected chi connectivity index (χ0v) is 11.1. The van der Waals surface area contributed by atoms with Gasteiger partial charge in [-0.25, -0.2) is 4.98 Å². The Morgan fingerprint density at radius 1 is 1.47 bits per heavy atom. The van der Waals surface area contributed by atoms with Crippen LogP contribution in [-0.2, 0) is 4.79 Å². The van der Waals surface area contributed by atoms with E-state index >= 15 is 0 Å². The minimum absolute atomic E-state index is 0.0111. The Balaban J connectivity index is 2.12. The molecular formula is C14H18N4O. The molecule has 0 bridgehead atoms. The predicted molar refractivity (Wildman–Crippen MR) is 74.0 cm³/mol. The summed E-state index contributed by atoms with van der Waals surface area (Å²) in [4.78, 5) is 15.6. The van der Waals surface area contributed by atoms with Gasteiger partial charge < -0.3 is 15.2 Å². The van der Waals surface area contributed by atoms with Gasteiger partial charge in [0.25, 0.3) is 0 Å². The van der Waals surface area contributed by atoms with Crippen LogP contribution in [0.25, 0.3) is 5.69 Å². The Morgan fingerprint density at radius 2 is 2.32 bits per heavy atom.